The first-order chi connectivity index (χ1) is 13.4. The van der Waals surface area contributed by atoms with Gasteiger partial charge in [-0.3, -0.25) is 0 Å². The fourth-order valence-electron chi connectivity index (χ4n) is 2.94. The molecule has 27 heavy (non-hydrogen) atoms. The quantitative estimate of drug-likeness (QED) is 0.353. The molecule has 3 heteroatoms. The molecule has 0 aliphatic carbocycles. The predicted octanol–water partition coefficient (Wildman–Crippen LogP) is 6.13. The molecular weight excluding hydrogens is 336 g/mol. The Hall–Kier alpha value is -1.84. The molecule has 0 fully saturated rings. The maximum atomic E-state index is 5.86. The largest absolute Gasteiger partial charge is 0.494 e. The standard InChI is InChI=1S/C24H34O3/c1-2-25-20-21-26-18-10-5-3-4-6-11-19-27-24-16-14-23(15-17-24)22-12-8-7-9-13-22/h7-9,12-17H,2-6,10-11,18-21H2,1H3. The van der Waals surface area contributed by atoms with Crippen LogP contribution in [-0.4, -0.2) is 33.0 Å². The summed E-state index contributed by atoms with van der Waals surface area (Å²) in [5.74, 6) is 0.957. The van der Waals surface area contributed by atoms with Gasteiger partial charge in [0.15, 0.2) is 0 Å². The normalized spacial score (nSPS) is 10.9. The average Bonchev–Trinajstić information content (AvgIpc) is 2.72. The van der Waals surface area contributed by atoms with E-state index in [-0.39, 0.29) is 0 Å². The number of hydrogen-bond acceptors (Lipinski definition) is 3. The van der Waals surface area contributed by atoms with Crippen LogP contribution >= 0.6 is 0 Å². The van der Waals surface area contributed by atoms with Crippen LogP contribution in [0.2, 0.25) is 0 Å². The highest BCUT2D eigenvalue weighted by Crippen LogP contribution is 2.22. The second kappa shape index (κ2) is 14.2. The fraction of sp³-hybridized carbons (Fsp3) is 0.500. The van der Waals surface area contributed by atoms with Crippen molar-refractivity contribution in [2.45, 2.75) is 45.4 Å². The first-order valence-electron chi connectivity index (χ1n) is 10.3. The molecule has 0 radical (unpaired) electrons. The van der Waals surface area contributed by atoms with Crippen LogP contribution in [0, 0.1) is 0 Å². The lowest BCUT2D eigenvalue weighted by Gasteiger charge is -2.08. The van der Waals surface area contributed by atoms with Crippen molar-refractivity contribution >= 4 is 0 Å². The SMILES string of the molecule is CCOCCOCCCCCCCCOc1ccc(-c2ccccc2)cc1. The lowest BCUT2D eigenvalue weighted by Crippen LogP contribution is -2.04. The van der Waals surface area contributed by atoms with E-state index in [9.17, 15) is 0 Å². The van der Waals surface area contributed by atoms with Gasteiger partial charge in [0.25, 0.3) is 0 Å². The average molecular weight is 371 g/mol. The zero-order chi connectivity index (χ0) is 19.0. The summed E-state index contributed by atoms with van der Waals surface area (Å²) in [5, 5.41) is 0. The van der Waals surface area contributed by atoms with Crippen LogP contribution in [-0.2, 0) is 9.47 Å². The maximum Gasteiger partial charge on any atom is 0.119 e. The second-order valence-corrected chi connectivity index (χ2v) is 6.67. The van der Waals surface area contributed by atoms with E-state index in [2.05, 4.69) is 48.5 Å². The van der Waals surface area contributed by atoms with Crippen molar-refractivity contribution in [3.63, 3.8) is 0 Å². The van der Waals surface area contributed by atoms with Gasteiger partial charge in [0, 0.05) is 13.2 Å². The number of benzene rings is 2. The molecule has 2 aromatic carbocycles. The lowest BCUT2D eigenvalue weighted by atomic mass is 10.1. The molecule has 2 aromatic rings. The van der Waals surface area contributed by atoms with Gasteiger partial charge in [-0.05, 0) is 43.0 Å². The molecule has 0 saturated carbocycles. The van der Waals surface area contributed by atoms with Crippen LogP contribution in [0.15, 0.2) is 54.6 Å². The Morgan fingerprint density at radius 3 is 1.85 bits per heavy atom. The highest BCUT2D eigenvalue weighted by molar-refractivity contribution is 5.63. The van der Waals surface area contributed by atoms with Gasteiger partial charge in [0.05, 0.1) is 19.8 Å². The van der Waals surface area contributed by atoms with Crippen molar-refractivity contribution in [2.24, 2.45) is 0 Å². The Bertz CT molecular complexity index is 580. The summed E-state index contributed by atoms with van der Waals surface area (Å²) in [6.45, 7) is 5.86. The van der Waals surface area contributed by atoms with Gasteiger partial charge in [-0.2, -0.15) is 0 Å². The molecular formula is C24H34O3. The van der Waals surface area contributed by atoms with Gasteiger partial charge in [0.2, 0.25) is 0 Å². The van der Waals surface area contributed by atoms with Gasteiger partial charge in [0.1, 0.15) is 5.75 Å². The minimum Gasteiger partial charge on any atom is -0.494 e. The van der Waals surface area contributed by atoms with Gasteiger partial charge in [-0.25, -0.2) is 0 Å². The van der Waals surface area contributed by atoms with Gasteiger partial charge in [-0.15, -0.1) is 0 Å². The van der Waals surface area contributed by atoms with Crippen molar-refractivity contribution in [3.05, 3.63) is 54.6 Å². The van der Waals surface area contributed by atoms with E-state index in [1.54, 1.807) is 0 Å². The summed E-state index contributed by atoms with van der Waals surface area (Å²) in [7, 11) is 0. The van der Waals surface area contributed by atoms with E-state index in [0.717, 1.165) is 45.0 Å². The minimum atomic E-state index is 0.714. The summed E-state index contributed by atoms with van der Waals surface area (Å²) in [5.41, 5.74) is 2.47. The van der Waals surface area contributed by atoms with Crippen molar-refractivity contribution in [2.75, 3.05) is 33.0 Å². The van der Waals surface area contributed by atoms with Crippen LogP contribution in [0.25, 0.3) is 11.1 Å². The molecule has 0 aromatic heterocycles. The van der Waals surface area contributed by atoms with E-state index in [4.69, 9.17) is 14.2 Å². The van der Waals surface area contributed by atoms with Gasteiger partial charge in [-0.1, -0.05) is 68.1 Å². The molecule has 2 rings (SSSR count). The van der Waals surface area contributed by atoms with Gasteiger partial charge < -0.3 is 14.2 Å². The van der Waals surface area contributed by atoms with Crippen molar-refractivity contribution < 1.29 is 14.2 Å². The van der Waals surface area contributed by atoms with E-state index in [1.807, 2.05) is 13.0 Å². The topological polar surface area (TPSA) is 27.7 Å². The minimum absolute atomic E-state index is 0.714. The predicted molar refractivity (Wildman–Crippen MR) is 112 cm³/mol. The van der Waals surface area contributed by atoms with Gasteiger partial charge >= 0.3 is 0 Å². The molecule has 0 amide bonds. The number of hydrogen-bond donors (Lipinski definition) is 0. The second-order valence-electron chi connectivity index (χ2n) is 6.67. The molecule has 0 atom stereocenters. The molecule has 0 aliphatic heterocycles. The molecule has 0 bridgehead atoms. The number of rotatable bonds is 15. The van der Waals surface area contributed by atoms with E-state index >= 15 is 0 Å². The Morgan fingerprint density at radius 2 is 1.15 bits per heavy atom. The van der Waals surface area contributed by atoms with Crippen LogP contribution < -0.4 is 4.74 Å². The summed E-state index contributed by atoms with van der Waals surface area (Å²) >= 11 is 0. The first kappa shape index (κ1) is 21.5. The molecule has 0 unspecified atom stereocenters. The summed E-state index contributed by atoms with van der Waals surface area (Å²) in [6.07, 6.45) is 7.29. The molecule has 148 valence electrons. The Labute approximate surface area is 164 Å². The van der Waals surface area contributed by atoms with Crippen molar-refractivity contribution in [1.82, 2.24) is 0 Å². The van der Waals surface area contributed by atoms with Crippen molar-refractivity contribution in [3.8, 4) is 16.9 Å². The van der Waals surface area contributed by atoms with Crippen LogP contribution in [0.5, 0.6) is 5.75 Å². The van der Waals surface area contributed by atoms with Crippen LogP contribution in [0.4, 0.5) is 0 Å². The zero-order valence-electron chi connectivity index (χ0n) is 16.7. The third kappa shape index (κ3) is 9.60. The Balaban J connectivity index is 1.44. The highest BCUT2D eigenvalue weighted by atomic mass is 16.5. The smallest absolute Gasteiger partial charge is 0.119 e. The molecule has 0 saturated heterocycles. The summed E-state index contributed by atoms with van der Waals surface area (Å²) in [6, 6.07) is 18.8. The van der Waals surface area contributed by atoms with Crippen LogP contribution in [0.1, 0.15) is 45.4 Å². The lowest BCUT2D eigenvalue weighted by molar-refractivity contribution is 0.0512. The number of ether oxygens (including phenoxy) is 3. The maximum absolute atomic E-state index is 5.86. The Kier molecular flexibility index (Phi) is 11.3. The van der Waals surface area contributed by atoms with E-state index in [1.165, 1.54) is 36.8 Å². The van der Waals surface area contributed by atoms with Crippen molar-refractivity contribution in [1.29, 1.82) is 0 Å². The number of unbranched alkanes of at least 4 members (excludes halogenated alkanes) is 5. The zero-order valence-corrected chi connectivity index (χ0v) is 16.7. The summed E-state index contributed by atoms with van der Waals surface area (Å²) < 4.78 is 16.6. The molecule has 3 nitrogen and oxygen atoms in total. The molecule has 0 aliphatic rings. The monoisotopic (exact) mass is 370 g/mol. The molecule has 0 heterocycles. The first-order valence-corrected chi connectivity index (χ1v) is 10.3. The third-order valence-electron chi connectivity index (χ3n) is 4.49. The van der Waals surface area contributed by atoms with E-state index in [0.29, 0.717) is 6.61 Å². The highest BCUT2D eigenvalue weighted by Gasteiger charge is 1.98. The molecule has 0 spiro atoms. The van der Waals surface area contributed by atoms with E-state index < -0.39 is 0 Å². The fourth-order valence-corrected chi connectivity index (χ4v) is 2.94. The summed E-state index contributed by atoms with van der Waals surface area (Å²) in [4.78, 5) is 0. The molecule has 0 N–H and O–H groups in total. The van der Waals surface area contributed by atoms with Crippen LogP contribution in [0.3, 0.4) is 0 Å². The third-order valence-corrected chi connectivity index (χ3v) is 4.49. The Morgan fingerprint density at radius 1 is 0.556 bits per heavy atom.